The van der Waals surface area contributed by atoms with Gasteiger partial charge in [-0.25, -0.2) is 0 Å². The summed E-state index contributed by atoms with van der Waals surface area (Å²) < 4.78 is 11.2. The van der Waals surface area contributed by atoms with E-state index in [2.05, 4.69) is 9.97 Å². The number of carbonyl (C=O) groups excluding carboxylic acids is 2. The van der Waals surface area contributed by atoms with Gasteiger partial charge in [-0.05, 0) is 71.1 Å². The molecule has 4 aromatic rings. The molecule has 0 amide bonds. The number of pyridine rings is 1. The molecule has 0 unspecified atom stereocenters. The number of benzene rings is 2. The number of methoxy groups -OCH3 is 1. The van der Waals surface area contributed by atoms with Crippen LogP contribution in [0.1, 0.15) is 23.2 Å². The van der Waals surface area contributed by atoms with Gasteiger partial charge in [0, 0.05) is 17.9 Å². The fourth-order valence-electron chi connectivity index (χ4n) is 3.39. The van der Waals surface area contributed by atoms with Crippen molar-refractivity contribution in [1.82, 2.24) is 9.97 Å². The third-order valence-electron chi connectivity index (χ3n) is 5.14. The molecule has 2 aromatic carbocycles. The van der Waals surface area contributed by atoms with Crippen molar-refractivity contribution in [3.63, 3.8) is 0 Å². The Morgan fingerprint density at radius 3 is 2.41 bits per heavy atom. The molecular formula is C28H24N2O4. The van der Waals surface area contributed by atoms with Crippen molar-refractivity contribution in [2.75, 3.05) is 7.11 Å². The van der Waals surface area contributed by atoms with Gasteiger partial charge in [0.15, 0.2) is 23.1 Å². The zero-order valence-electron chi connectivity index (χ0n) is 18.7. The zero-order chi connectivity index (χ0) is 23.8. The van der Waals surface area contributed by atoms with E-state index in [9.17, 15) is 9.59 Å². The van der Waals surface area contributed by atoms with E-state index in [4.69, 9.17) is 9.47 Å². The van der Waals surface area contributed by atoms with Crippen LogP contribution in [-0.4, -0.2) is 28.6 Å². The van der Waals surface area contributed by atoms with Crippen LogP contribution in [0.2, 0.25) is 0 Å². The molecule has 1 N–H and O–H groups in total. The second kappa shape index (κ2) is 10.9. The lowest BCUT2D eigenvalue weighted by atomic mass is 10.1. The molecule has 0 spiro atoms. The van der Waals surface area contributed by atoms with E-state index >= 15 is 0 Å². The second-order valence-electron chi connectivity index (χ2n) is 7.62. The molecule has 0 aliphatic carbocycles. The second-order valence-corrected chi connectivity index (χ2v) is 7.62. The van der Waals surface area contributed by atoms with Gasteiger partial charge in [0.1, 0.15) is 6.61 Å². The minimum absolute atomic E-state index is 0.193. The minimum Gasteiger partial charge on any atom is -0.493 e. The number of allylic oxidation sites excluding steroid dienone is 2. The maximum atomic E-state index is 12.3. The molecule has 0 bridgehead atoms. The first-order valence-corrected chi connectivity index (χ1v) is 10.8. The van der Waals surface area contributed by atoms with Crippen LogP contribution in [0.5, 0.6) is 11.5 Å². The molecule has 6 nitrogen and oxygen atoms in total. The van der Waals surface area contributed by atoms with Crippen molar-refractivity contribution in [1.29, 1.82) is 0 Å². The van der Waals surface area contributed by atoms with Gasteiger partial charge in [-0.1, -0.05) is 30.4 Å². The van der Waals surface area contributed by atoms with Crippen LogP contribution < -0.4 is 9.47 Å². The van der Waals surface area contributed by atoms with Crippen LogP contribution in [0, 0.1) is 0 Å². The molecule has 6 heteroatoms. The SMILES string of the molecule is COc1cc(/C=C/C(=O)CC(=O)/C=C/c2ccc3[nH]ccc3c2)ccc1OCc1ccccn1. The minimum atomic E-state index is -0.273. The average molecular weight is 453 g/mol. The first-order chi connectivity index (χ1) is 16.6. The zero-order valence-corrected chi connectivity index (χ0v) is 18.7. The lowest BCUT2D eigenvalue weighted by molar-refractivity contribution is -0.121. The Morgan fingerprint density at radius 1 is 0.912 bits per heavy atom. The van der Waals surface area contributed by atoms with Crippen molar-refractivity contribution in [3.8, 4) is 11.5 Å². The number of carbonyl (C=O) groups is 2. The summed E-state index contributed by atoms with van der Waals surface area (Å²) in [7, 11) is 1.56. The largest absolute Gasteiger partial charge is 0.493 e. The average Bonchev–Trinajstić information content (AvgIpc) is 3.34. The van der Waals surface area contributed by atoms with Crippen molar-refractivity contribution in [2.24, 2.45) is 0 Å². The van der Waals surface area contributed by atoms with Crippen molar-refractivity contribution < 1.29 is 19.1 Å². The Hall–Kier alpha value is -4.45. The summed E-state index contributed by atoms with van der Waals surface area (Å²) in [6.07, 6.45) is 9.61. The summed E-state index contributed by atoms with van der Waals surface area (Å²) in [5, 5.41) is 1.07. The van der Waals surface area contributed by atoms with Gasteiger partial charge < -0.3 is 14.5 Å². The maximum absolute atomic E-state index is 12.3. The van der Waals surface area contributed by atoms with Crippen LogP contribution in [0.3, 0.4) is 0 Å². The number of aromatic amines is 1. The van der Waals surface area contributed by atoms with Gasteiger partial charge in [-0.3, -0.25) is 14.6 Å². The number of rotatable bonds is 10. The molecular weight excluding hydrogens is 428 g/mol. The molecule has 0 aliphatic heterocycles. The molecule has 34 heavy (non-hydrogen) atoms. The Bertz CT molecular complexity index is 1350. The van der Waals surface area contributed by atoms with Crippen LogP contribution in [0.25, 0.3) is 23.1 Å². The van der Waals surface area contributed by atoms with Crippen LogP contribution in [0.15, 0.2) is 85.2 Å². The molecule has 0 atom stereocenters. The fourth-order valence-corrected chi connectivity index (χ4v) is 3.39. The van der Waals surface area contributed by atoms with Gasteiger partial charge in [0.2, 0.25) is 0 Å². The van der Waals surface area contributed by atoms with E-state index in [0.29, 0.717) is 18.1 Å². The monoisotopic (exact) mass is 452 g/mol. The summed E-state index contributed by atoms with van der Waals surface area (Å²) >= 11 is 0. The quantitative estimate of drug-likeness (QED) is 0.257. The molecule has 0 saturated heterocycles. The van der Waals surface area contributed by atoms with Gasteiger partial charge in [0.25, 0.3) is 0 Å². The number of hydrogen-bond acceptors (Lipinski definition) is 5. The highest BCUT2D eigenvalue weighted by molar-refractivity contribution is 6.11. The number of nitrogens with one attached hydrogen (secondary N) is 1. The van der Waals surface area contributed by atoms with Crippen molar-refractivity contribution in [2.45, 2.75) is 13.0 Å². The predicted octanol–water partition coefficient (Wildman–Crippen LogP) is 5.41. The Kier molecular flexibility index (Phi) is 7.30. The first-order valence-electron chi connectivity index (χ1n) is 10.8. The maximum Gasteiger partial charge on any atom is 0.163 e. The summed E-state index contributed by atoms with van der Waals surface area (Å²) in [6, 6.07) is 18.8. The van der Waals surface area contributed by atoms with Crippen LogP contribution >= 0.6 is 0 Å². The fraction of sp³-hybridized carbons (Fsp3) is 0.107. The van der Waals surface area contributed by atoms with Gasteiger partial charge in [-0.15, -0.1) is 0 Å². The van der Waals surface area contributed by atoms with E-state index in [0.717, 1.165) is 27.7 Å². The summed E-state index contributed by atoms with van der Waals surface area (Å²) in [5.41, 5.74) is 3.51. The van der Waals surface area contributed by atoms with E-state index in [1.165, 1.54) is 12.2 Å². The number of nitrogens with zero attached hydrogens (tertiary/aromatic N) is 1. The molecule has 2 heterocycles. The highest BCUT2D eigenvalue weighted by Crippen LogP contribution is 2.29. The van der Waals surface area contributed by atoms with Gasteiger partial charge >= 0.3 is 0 Å². The normalized spacial score (nSPS) is 11.3. The lowest BCUT2D eigenvalue weighted by Crippen LogP contribution is -2.02. The van der Waals surface area contributed by atoms with E-state index < -0.39 is 0 Å². The number of ether oxygens (including phenoxy) is 2. The number of aromatic nitrogens is 2. The molecule has 170 valence electrons. The van der Waals surface area contributed by atoms with Crippen LogP contribution in [0.4, 0.5) is 0 Å². The topological polar surface area (TPSA) is 81.3 Å². The highest BCUT2D eigenvalue weighted by atomic mass is 16.5. The molecule has 0 saturated carbocycles. The number of ketones is 2. The number of H-pyrrole nitrogens is 1. The van der Waals surface area contributed by atoms with Crippen molar-refractivity contribution in [3.05, 3.63) is 102 Å². The predicted molar refractivity (Wildman–Crippen MR) is 133 cm³/mol. The van der Waals surface area contributed by atoms with Crippen molar-refractivity contribution >= 4 is 34.6 Å². The molecule has 0 radical (unpaired) electrons. The summed E-state index contributed by atoms with van der Waals surface area (Å²) in [6.45, 7) is 0.319. The molecule has 2 aromatic heterocycles. The highest BCUT2D eigenvalue weighted by Gasteiger charge is 2.07. The van der Waals surface area contributed by atoms with Crippen LogP contribution in [-0.2, 0) is 16.2 Å². The number of fused-ring (bicyclic) bond motifs is 1. The van der Waals surface area contributed by atoms with E-state index in [1.807, 2.05) is 54.7 Å². The summed E-state index contributed by atoms with van der Waals surface area (Å²) in [4.78, 5) is 31.8. The Balaban J connectivity index is 1.32. The first kappa shape index (κ1) is 22.7. The lowest BCUT2D eigenvalue weighted by Gasteiger charge is -2.11. The van der Waals surface area contributed by atoms with Gasteiger partial charge in [-0.2, -0.15) is 0 Å². The molecule has 4 rings (SSSR count). The number of hydrogen-bond donors (Lipinski definition) is 1. The third-order valence-corrected chi connectivity index (χ3v) is 5.14. The van der Waals surface area contributed by atoms with E-state index in [-0.39, 0.29) is 18.0 Å². The summed E-state index contributed by atoms with van der Waals surface area (Å²) in [5.74, 6) is 0.601. The van der Waals surface area contributed by atoms with Gasteiger partial charge in [0.05, 0.1) is 19.2 Å². The Labute approximate surface area is 197 Å². The standard InChI is InChI=1S/C28H24N2O4/c1-33-28-17-21(8-12-27(28)34-19-23-4-2-3-14-29-23)6-10-25(32)18-24(31)9-5-20-7-11-26-22(16-20)13-15-30-26/h2-17,30H,18-19H2,1H3/b9-5+,10-6+. The smallest absolute Gasteiger partial charge is 0.163 e. The molecule has 0 fully saturated rings. The molecule has 0 aliphatic rings. The third kappa shape index (κ3) is 6.07. The Morgan fingerprint density at radius 2 is 1.68 bits per heavy atom. The van der Waals surface area contributed by atoms with E-state index in [1.54, 1.807) is 37.6 Å².